The molecule has 0 unspecified atom stereocenters. The van der Waals surface area contributed by atoms with Crippen molar-refractivity contribution >= 4 is 10.8 Å². The Bertz CT molecular complexity index is 561. The SMILES string of the molecule is CCCOc1cc(CC)c(OCCC)c2ccccc12. The third-order valence-electron chi connectivity index (χ3n) is 3.33. The highest BCUT2D eigenvalue weighted by Gasteiger charge is 2.12. The van der Waals surface area contributed by atoms with Crippen molar-refractivity contribution in [2.24, 2.45) is 0 Å². The van der Waals surface area contributed by atoms with Crippen molar-refractivity contribution in [3.63, 3.8) is 0 Å². The van der Waals surface area contributed by atoms with Crippen molar-refractivity contribution in [1.82, 2.24) is 0 Å². The molecular formula is C18H24O2. The molecule has 2 nitrogen and oxygen atoms in total. The molecule has 0 N–H and O–H groups in total. The number of hydrogen-bond donors (Lipinski definition) is 0. The van der Waals surface area contributed by atoms with E-state index in [0.717, 1.165) is 54.7 Å². The zero-order valence-electron chi connectivity index (χ0n) is 12.7. The summed E-state index contributed by atoms with van der Waals surface area (Å²) in [6.07, 6.45) is 2.99. The van der Waals surface area contributed by atoms with E-state index in [0.29, 0.717) is 0 Å². The molecule has 0 aliphatic rings. The number of rotatable bonds is 7. The van der Waals surface area contributed by atoms with Crippen molar-refractivity contribution < 1.29 is 9.47 Å². The molecule has 0 radical (unpaired) electrons. The highest BCUT2D eigenvalue weighted by atomic mass is 16.5. The summed E-state index contributed by atoms with van der Waals surface area (Å²) in [5.74, 6) is 2.00. The fraction of sp³-hybridized carbons (Fsp3) is 0.444. The van der Waals surface area contributed by atoms with Gasteiger partial charge >= 0.3 is 0 Å². The Morgan fingerprint density at radius 3 is 2.15 bits per heavy atom. The molecule has 0 saturated heterocycles. The Morgan fingerprint density at radius 2 is 1.50 bits per heavy atom. The van der Waals surface area contributed by atoms with Gasteiger partial charge in [-0.05, 0) is 30.9 Å². The first kappa shape index (κ1) is 14.7. The minimum atomic E-state index is 0.752. The third-order valence-corrected chi connectivity index (χ3v) is 3.33. The van der Waals surface area contributed by atoms with Crippen LogP contribution in [0.15, 0.2) is 30.3 Å². The van der Waals surface area contributed by atoms with Crippen LogP contribution in [-0.2, 0) is 6.42 Å². The molecule has 0 atom stereocenters. The monoisotopic (exact) mass is 272 g/mol. The van der Waals surface area contributed by atoms with E-state index in [1.54, 1.807) is 0 Å². The van der Waals surface area contributed by atoms with Crippen LogP contribution >= 0.6 is 0 Å². The summed E-state index contributed by atoms with van der Waals surface area (Å²) in [4.78, 5) is 0. The molecule has 20 heavy (non-hydrogen) atoms. The largest absolute Gasteiger partial charge is 0.493 e. The molecule has 0 aliphatic carbocycles. The minimum absolute atomic E-state index is 0.752. The molecule has 0 saturated carbocycles. The average molecular weight is 272 g/mol. The lowest BCUT2D eigenvalue weighted by Crippen LogP contribution is -2.02. The van der Waals surface area contributed by atoms with Gasteiger partial charge in [0.2, 0.25) is 0 Å². The smallest absolute Gasteiger partial charge is 0.130 e. The minimum Gasteiger partial charge on any atom is -0.493 e. The lowest BCUT2D eigenvalue weighted by molar-refractivity contribution is 0.311. The van der Waals surface area contributed by atoms with E-state index < -0.39 is 0 Å². The number of fused-ring (bicyclic) bond motifs is 1. The molecule has 0 aromatic heterocycles. The molecule has 0 aliphatic heterocycles. The first-order chi connectivity index (χ1) is 9.81. The van der Waals surface area contributed by atoms with Crippen LogP contribution in [0.25, 0.3) is 10.8 Å². The molecule has 0 fully saturated rings. The lowest BCUT2D eigenvalue weighted by Gasteiger charge is -2.17. The predicted molar refractivity (Wildman–Crippen MR) is 84.9 cm³/mol. The van der Waals surface area contributed by atoms with E-state index >= 15 is 0 Å². The number of benzene rings is 2. The van der Waals surface area contributed by atoms with Crippen molar-refractivity contribution in [3.8, 4) is 11.5 Å². The summed E-state index contributed by atoms with van der Waals surface area (Å²) in [5, 5.41) is 2.30. The first-order valence-corrected chi connectivity index (χ1v) is 7.62. The van der Waals surface area contributed by atoms with E-state index in [2.05, 4.69) is 51.1 Å². The van der Waals surface area contributed by atoms with Crippen LogP contribution in [0.3, 0.4) is 0 Å². The summed E-state index contributed by atoms with van der Waals surface area (Å²) >= 11 is 0. The molecule has 0 heterocycles. The average Bonchev–Trinajstić information content (AvgIpc) is 2.50. The zero-order chi connectivity index (χ0) is 14.4. The van der Waals surface area contributed by atoms with Gasteiger partial charge in [0, 0.05) is 10.8 Å². The Morgan fingerprint density at radius 1 is 0.850 bits per heavy atom. The number of ether oxygens (including phenoxy) is 2. The summed E-state index contributed by atoms with van der Waals surface area (Å²) in [7, 11) is 0. The second kappa shape index (κ2) is 7.18. The third kappa shape index (κ3) is 3.06. The quantitative estimate of drug-likeness (QED) is 0.707. The maximum Gasteiger partial charge on any atom is 0.130 e. The fourth-order valence-electron chi connectivity index (χ4n) is 2.34. The summed E-state index contributed by atoms with van der Waals surface area (Å²) in [5.41, 5.74) is 1.23. The van der Waals surface area contributed by atoms with Crippen LogP contribution in [0.1, 0.15) is 39.2 Å². The van der Waals surface area contributed by atoms with E-state index in [1.807, 2.05) is 0 Å². The fourth-order valence-corrected chi connectivity index (χ4v) is 2.34. The van der Waals surface area contributed by atoms with Crippen molar-refractivity contribution in [2.75, 3.05) is 13.2 Å². The van der Waals surface area contributed by atoms with Gasteiger partial charge in [-0.1, -0.05) is 45.0 Å². The second-order valence-corrected chi connectivity index (χ2v) is 4.96. The summed E-state index contributed by atoms with van der Waals surface area (Å²) in [6, 6.07) is 10.5. The topological polar surface area (TPSA) is 18.5 Å². The first-order valence-electron chi connectivity index (χ1n) is 7.62. The Labute approximate surface area is 121 Å². The Kier molecular flexibility index (Phi) is 5.28. The molecule has 2 rings (SSSR count). The van der Waals surface area contributed by atoms with Gasteiger partial charge in [0.05, 0.1) is 13.2 Å². The van der Waals surface area contributed by atoms with E-state index in [4.69, 9.17) is 9.47 Å². The van der Waals surface area contributed by atoms with E-state index in [9.17, 15) is 0 Å². The van der Waals surface area contributed by atoms with Crippen LogP contribution in [0, 0.1) is 0 Å². The van der Waals surface area contributed by atoms with Crippen LogP contribution in [0.5, 0.6) is 11.5 Å². The van der Waals surface area contributed by atoms with Gasteiger partial charge < -0.3 is 9.47 Å². The van der Waals surface area contributed by atoms with Crippen molar-refractivity contribution in [1.29, 1.82) is 0 Å². The van der Waals surface area contributed by atoms with Crippen LogP contribution < -0.4 is 9.47 Å². The Balaban J connectivity index is 2.54. The molecule has 0 amide bonds. The van der Waals surface area contributed by atoms with Crippen LogP contribution in [-0.4, -0.2) is 13.2 Å². The van der Waals surface area contributed by atoms with Gasteiger partial charge in [0.15, 0.2) is 0 Å². The Hall–Kier alpha value is -1.70. The zero-order valence-corrected chi connectivity index (χ0v) is 12.7. The van der Waals surface area contributed by atoms with Crippen LogP contribution in [0.4, 0.5) is 0 Å². The predicted octanol–water partition coefficient (Wildman–Crippen LogP) is 4.98. The van der Waals surface area contributed by atoms with E-state index in [-0.39, 0.29) is 0 Å². The van der Waals surface area contributed by atoms with Gasteiger partial charge in [-0.3, -0.25) is 0 Å². The maximum absolute atomic E-state index is 5.99. The van der Waals surface area contributed by atoms with Crippen molar-refractivity contribution in [3.05, 3.63) is 35.9 Å². The molecule has 2 aromatic rings. The van der Waals surface area contributed by atoms with Gasteiger partial charge in [0.25, 0.3) is 0 Å². The number of aryl methyl sites for hydroxylation is 1. The molecule has 0 spiro atoms. The molecule has 108 valence electrons. The molecule has 2 heteroatoms. The van der Waals surface area contributed by atoms with Gasteiger partial charge in [0.1, 0.15) is 11.5 Å². The highest BCUT2D eigenvalue weighted by Crippen LogP contribution is 2.37. The van der Waals surface area contributed by atoms with Gasteiger partial charge in [-0.2, -0.15) is 0 Å². The van der Waals surface area contributed by atoms with Crippen molar-refractivity contribution in [2.45, 2.75) is 40.0 Å². The lowest BCUT2D eigenvalue weighted by atomic mass is 10.0. The van der Waals surface area contributed by atoms with Crippen LogP contribution in [0.2, 0.25) is 0 Å². The van der Waals surface area contributed by atoms with Gasteiger partial charge in [-0.25, -0.2) is 0 Å². The summed E-state index contributed by atoms with van der Waals surface area (Å²) < 4.78 is 11.9. The maximum atomic E-state index is 5.99. The molecule has 2 aromatic carbocycles. The normalized spacial score (nSPS) is 10.8. The number of hydrogen-bond acceptors (Lipinski definition) is 2. The second-order valence-electron chi connectivity index (χ2n) is 4.96. The highest BCUT2D eigenvalue weighted by molar-refractivity contribution is 5.94. The van der Waals surface area contributed by atoms with E-state index in [1.165, 1.54) is 5.56 Å². The van der Waals surface area contributed by atoms with Gasteiger partial charge in [-0.15, -0.1) is 0 Å². The standard InChI is InChI=1S/C18H24O2/c1-4-11-19-17-13-14(6-3)18(20-12-5-2)16-10-8-7-9-15(16)17/h7-10,13H,4-6,11-12H2,1-3H3. The summed E-state index contributed by atoms with van der Waals surface area (Å²) in [6.45, 7) is 7.93. The molecule has 0 bridgehead atoms. The molecular weight excluding hydrogens is 248 g/mol.